The summed E-state index contributed by atoms with van der Waals surface area (Å²) in [6.07, 6.45) is 1.59. The Balaban J connectivity index is 2.35. The quantitative estimate of drug-likeness (QED) is 0.806. The molecule has 2 aromatic rings. The minimum atomic E-state index is 0.321. The number of rotatable bonds is 3. The summed E-state index contributed by atoms with van der Waals surface area (Å²) in [5, 5.41) is 14.3. The second kappa shape index (κ2) is 4.18. The lowest BCUT2D eigenvalue weighted by Crippen LogP contribution is -2.12. The molecule has 0 saturated heterocycles. The topological polar surface area (TPSA) is 55.6 Å². The molecule has 0 aliphatic heterocycles. The molecule has 1 N–H and O–H groups in total. The number of nitrogens with zero attached hydrogens (tertiary/aromatic N) is 4. The standard InChI is InChI=1S/C10H13N5/c1-8(11-2)9-4-3-5-10(6-9)15-7-12-13-14-15/h3-8,11H,1-2H3. The normalized spacial score (nSPS) is 12.7. The third-order valence-electron chi connectivity index (χ3n) is 2.42. The number of tetrazole rings is 1. The van der Waals surface area contributed by atoms with Crippen molar-refractivity contribution in [1.82, 2.24) is 25.5 Å². The van der Waals surface area contributed by atoms with E-state index in [9.17, 15) is 0 Å². The fraction of sp³-hybridized carbons (Fsp3) is 0.300. The first-order valence-corrected chi connectivity index (χ1v) is 4.82. The van der Waals surface area contributed by atoms with Gasteiger partial charge in [-0.05, 0) is 42.1 Å². The van der Waals surface area contributed by atoms with Gasteiger partial charge >= 0.3 is 0 Å². The summed E-state index contributed by atoms with van der Waals surface area (Å²) < 4.78 is 1.64. The predicted molar refractivity (Wildman–Crippen MR) is 56.6 cm³/mol. The van der Waals surface area contributed by atoms with Gasteiger partial charge in [-0.25, -0.2) is 4.68 Å². The largest absolute Gasteiger partial charge is 0.313 e. The molecule has 0 spiro atoms. The Bertz CT molecular complexity index is 423. The molecule has 5 nitrogen and oxygen atoms in total. The van der Waals surface area contributed by atoms with Gasteiger partial charge in [0.25, 0.3) is 0 Å². The van der Waals surface area contributed by atoms with E-state index in [-0.39, 0.29) is 0 Å². The van der Waals surface area contributed by atoms with Crippen molar-refractivity contribution in [3.05, 3.63) is 36.2 Å². The molecule has 5 heteroatoms. The minimum absolute atomic E-state index is 0.321. The van der Waals surface area contributed by atoms with Crippen molar-refractivity contribution in [3.8, 4) is 5.69 Å². The highest BCUT2D eigenvalue weighted by molar-refractivity contribution is 5.35. The zero-order chi connectivity index (χ0) is 10.7. The van der Waals surface area contributed by atoms with Crippen LogP contribution in [0, 0.1) is 0 Å². The molecule has 1 aromatic heterocycles. The molecule has 0 bridgehead atoms. The van der Waals surface area contributed by atoms with Crippen LogP contribution in [0.2, 0.25) is 0 Å². The molecule has 1 aromatic carbocycles. The smallest absolute Gasteiger partial charge is 0.143 e. The van der Waals surface area contributed by atoms with Crippen molar-refractivity contribution in [3.63, 3.8) is 0 Å². The van der Waals surface area contributed by atoms with Gasteiger partial charge in [0.1, 0.15) is 6.33 Å². The maximum absolute atomic E-state index is 3.85. The second-order valence-electron chi connectivity index (χ2n) is 3.36. The van der Waals surface area contributed by atoms with Crippen molar-refractivity contribution in [2.24, 2.45) is 0 Å². The molecule has 78 valence electrons. The summed E-state index contributed by atoms with van der Waals surface area (Å²) in [5.74, 6) is 0. The van der Waals surface area contributed by atoms with E-state index in [1.165, 1.54) is 5.56 Å². The zero-order valence-electron chi connectivity index (χ0n) is 8.75. The number of hydrogen-bond acceptors (Lipinski definition) is 4. The summed E-state index contributed by atoms with van der Waals surface area (Å²) in [6, 6.07) is 8.44. The van der Waals surface area contributed by atoms with Crippen LogP contribution in [0.25, 0.3) is 5.69 Å². The lowest BCUT2D eigenvalue weighted by Gasteiger charge is -2.11. The van der Waals surface area contributed by atoms with Crippen molar-refractivity contribution in [2.75, 3.05) is 7.05 Å². The van der Waals surface area contributed by atoms with Crippen LogP contribution in [0.4, 0.5) is 0 Å². The van der Waals surface area contributed by atoms with Crippen molar-refractivity contribution < 1.29 is 0 Å². The Morgan fingerprint density at radius 3 is 2.93 bits per heavy atom. The van der Waals surface area contributed by atoms with Crippen LogP contribution in [0.5, 0.6) is 0 Å². The Labute approximate surface area is 88.1 Å². The summed E-state index contributed by atoms with van der Waals surface area (Å²) >= 11 is 0. The molecule has 2 rings (SSSR count). The lowest BCUT2D eigenvalue weighted by molar-refractivity contribution is 0.651. The highest BCUT2D eigenvalue weighted by atomic mass is 15.5. The first-order chi connectivity index (χ1) is 7.31. The number of aromatic nitrogens is 4. The number of benzene rings is 1. The van der Waals surface area contributed by atoms with Crippen LogP contribution in [0.15, 0.2) is 30.6 Å². The SMILES string of the molecule is CNC(C)c1cccc(-n2cnnn2)c1. The van der Waals surface area contributed by atoms with Gasteiger partial charge in [-0.1, -0.05) is 12.1 Å². The molecule has 0 aliphatic carbocycles. The number of hydrogen-bond donors (Lipinski definition) is 1. The van der Waals surface area contributed by atoms with Gasteiger partial charge in [-0.15, -0.1) is 5.10 Å². The van der Waals surface area contributed by atoms with Gasteiger partial charge in [0, 0.05) is 6.04 Å². The van der Waals surface area contributed by atoms with Gasteiger partial charge in [-0.3, -0.25) is 0 Å². The molecule has 0 fully saturated rings. The number of nitrogens with one attached hydrogen (secondary N) is 1. The maximum atomic E-state index is 3.85. The zero-order valence-corrected chi connectivity index (χ0v) is 8.75. The van der Waals surface area contributed by atoms with Crippen LogP contribution in [0.1, 0.15) is 18.5 Å². The van der Waals surface area contributed by atoms with Gasteiger partial charge in [0.2, 0.25) is 0 Å². The summed E-state index contributed by atoms with van der Waals surface area (Å²) in [7, 11) is 1.94. The molecule has 0 amide bonds. The monoisotopic (exact) mass is 203 g/mol. The van der Waals surface area contributed by atoms with Gasteiger partial charge in [0.15, 0.2) is 0 Å². The van der Waals surface area contributed by atoms with Crippen LogP contribution in [0.3, 0.4) is 0 Å². The third kappa shape index (κ3) is 2.02. The van der Waals surface area contributed by atoms with Crippen LogP contribution < -0.4 is 5.32 Å². The first-order valence-electron chi connectivity index (χ1n) is 4.82. The molecular weight excluding hydrogens is 190 g/mol. The molecule has 15 heavy (non-hydrogen) atoms. The van der Waals surface area contributed by atoms with E-state index in [1.807, 2.05) is 19.2 Å². The Hall–Kier alpha value is -1.75. The molecular formula is C10H13N5. The van der Waals surface area contributed by atoms with E-state index >= 15 is 0 Å². The highest BCUT2D eigenvalue weighted by Crippen LogP contribution is 2.15. The Kier molecular flexibility index (Phi) is 2.73. The van der Waals surface area contributed by atoms with Crippen molar-refractivity contribution >= 4 is 0 Å². The van der Waals surface area contributed by atoms with E-state index in [1.54, 1.807) is 11.0 Å². The van der Waals surface area contributed by atoms with Crippen molar-refractivity contribution in [2.45, 2.75) is 13.0 Å². The maximum Gasteiger partial charge on any atom is 0.143 e. The Morgan fingerprint density at radius 1 is 1.40 bits per heavy atom. The van der Waals surface area contributed by atoms with E-state index in [4.69, 9.17) is 0 Å². The fourth-order valence-corrected chi connectivity index (χ4v) is 1.38. The molecule has 1 heterocycles. The molecule has 1 unspecified atom stereocenters. The molecule has 0 saturated carbocycles. The van der Waals surface area contributed by atoms with Crippen molar-refractivity contribution in [1.29, 1.82) is 0 Å². The summed E-state index contributed by atoms with van der Waals surface area (Å²) in [4.78, 5) is 0. The van der Waals surface area contributed by atoms with Crippen LogP contribution >= 0.6 is 0 Å². The van der Waals surface area contributed by atoms with E-state index in [0.717, 1.165) is 5.69 Å². The summed E-state index contributed by atoms with van der Waals surface area (Å²) in [5.41, 5.74) is 2.19. The molecule has 0 radical (unpaired) electrons. The van der Waals surface area contributed by atoms with Crippen LogP contribution in [-0.4, -0.2) is 27.3 Å². The van der Waals surface area contributed by atoms with Gasteiger partial charge in [0.05, 0.1) is 5.69 Å². The van der Waals surface area contributed by atoms with Gasteiger partial charge in [-0.2, -0.15) is 0 Å². The predicted octanol–water partition coefficient (Wildman–Crippen LogP) is 0.943. The second-order valence-corrected chi connectivity index (χ2v) is 3.36. The van der Waals surface area contributed by atoms with E-state index < -0.39 is 0 Å². The van der Waals surface area contributed by atoms with E-state index in [0.29, 0.717) is 6.04 Å². The fourth-order valence-electron chi connectivity index (χ4n) is 1.38. The van der Waals surface area contributed by atoms with E-state index in [2.05, 4.69) is 39.9 Å². The Morgan fingerprint density at radius 2 is 2.27 bits per heavy atom. The average molecular weight is 203 g/mol. The molecule has 1 atom stereocenters. The third-order valence-corrected chi connectivity index (χ3v) is 2.42. The average Bonchev–Trinajstić information content (AvgIpc) is 2.82. The minimum Gasteiger partial charge on any atom is -0.313 e. The van der Waals surface area contributed by atoms with Gasteiger partial charge < -0.3 is 5.32 Å². The van der Waals surface area contributed by atoms with Crippen LogP contribution in [-0.2, 0) is 0 Å². The first kappa shape index (κ1) is 9.79. The highest BCUT2D eigenvalue weighted by Gasteiger charge is 2.04. The summed E-state index contributed by atoms with van der Waals surface area (Å²) in [6.45, 7) is 2.11. The molecule has 0 aliphatic rings. The lowest BCUT2D eigenvalue weighted by atomic mass is 10.1.